The monoisotopic (exact) mass is 554 g/mol. The van der Waals surface area contributed by atoms with E-state index in [9.17, 15) is 9.59 Å². The number of ketones is 1. The van der Waals surface area contributed by atoms with E-state index in [0.717, 1.165) is 24.2 Å². The first-order valence-electron chi connectivity index (χ1n) is 13.5. The lowest BCUT2D eigenvalue weighted by Crippen LogP contribution is -2.42. The van der Waals surface area contributed by atoms with Gasteiger partial charge in [-0.3, -0.25) is 9.59 Å². The van der Waals surface area contributed by atoms with Crippen LogP contribution in [0.1, 0.15) is 36.0 Å². The van der Waals surface area contributed by atoms with Gasteiger partial charge >= 0.3 is 0 Å². The fourth-order valence-corrected chi connectivity index (χ4v) is 5.10. The summed E-state index contributed by atoms with van der Waals surface area (Å²) in [4.78, 5) is 28.9. The van der Waals surface area contributed by atoms with Crippen molar-refractivity contribution in [2.24, 2.45) is 0 Å². The van der Waals surface area contributed by atoms with Crippen LogP contribution < -0.4 is 10.2 Å². The van der Waals surface area contributed by atoms with Crippen molar-refractivity contribution in [3.05, 3.63) is 107 Å². The van der Waals surface area contributed by atoms with Gasteiger partial charge in [0.2, 0.25) is 5.91 Å². The predicted molar refractivity (Wildman–Crippen MR) is 156 cm³/mol. The van der Waals surface area contributed by atoms with E-state index in [2.05, 4.69) is 37.9 Å². The highest BCUT2D eigenvalue weighted by Gasteiger charge is 2.21. The molecule has 0 spiro atoms. The molecule has 1 fully saturated rings. The molecule has 1 atom stereocenters. The molecule has 8 nitrogen and oxygen atoms in total. The normalized spacial score (nSPS) is 14.3. The zero-order valence-corrected chi connectivity index (χ0v) is 22.9. The number of carbonyl (C=O) groups is 2. The fourth-order valence-electron chi connectivity index (χ4n) is 4.92. The average Bonchev–Trinajstić information content (AvgIpc) is 3.52. The minimum absolute atomic E-state index is 0.0477. The van der Waals surface area contributed by atoms with Crippen LogP contribution in [0.4, 0.5) is 5.69 Å². The van der Waals surface area contributed by atoms with E-state index in [4.69, 9.17) is 11.6 Å². The number of benzene rings is 3. The number of nitrogens with zero attached hydrogens (tertiary/aromatic N) is 5. The third-order valence-corrected chi connectivity index (χ3v) is 7.26. The first kappa shape index (κ1) is 27.3. The Morgan fingerprint density at radius 2 is 1.73 bits per heavy atom. The summed E-state index contributed by atoms with van der Waals surface area (Å²) in [6.07, 6.45) is 8.86. The third kappa shape index (κ3) is 7.21. The molecule has 1 amide bonds. The summed E-state index contributed by atoms with van der Waals surface area (Å²) in [6, 6.07) is 22.5. The molecule has 0 aliphatic carbocycles. The Balaban J connectivity index is 1.29. The lowest BCUT2D eigenvalue weighted by Gasteiger charge is -2.28. The summed E-state index contributed by atoms with van der Waals surface area (Å²) in [7, 11) is 0. The van der Waals surface area contributed by atoms with Crippen LogP contribution in [-0.2, 0) is 22.4 Å². The van der Waals surface area contributed by atoms with Gasteiger partial charge in [0.15, 0.2) is 5.78 Å². The van der Waals surface area contributed by atoms with E-state index in [-0.39, 0.29) is 18.1 Å². The average molecular weight is 555 g/mol. The van der Waals surface area contributed by atoms with Crippen molar-refractivity contribution < 1.29 is 9.59 Å². The zero-order chi connectivity index (χ0) is 27.7. The SMILES string of the molecule is O=C(/C=C/c1cc(Cl)ccc1-n1cnnn1)N[C@@H](Cc1ccccc1)C(=O)Cc1ccc(N2CCCCC2)cc1. The number of hydrogen-bond donors (Lipinski definition) is 1. The number of rotatable bonds is 10. The highest BCUT2D eigenvalue weighted by atomic mass is 35.5. The number of carbonyl (C=O) groups excluding carboxylic acids is 2. The van der Waals surface area contributed by atoms with Crippen molar-refractivity contribution in [3.63, 3.8) is 0 Å². The molecule has 1 aliphatic rings. The molecule has 0 bridgehead atoms. The van der Waals surface area contributed by atoms with Crippen molar-refractivity contribution in [2.45, 2.75) is 38.1 Å². The number of piperidine rings is 1. The number of hydrogen-bond acceptors (Lipinski definition) is 6. The Bertz CT molecular complexity index is 1450. The number of nitrogens with one attached hydrogen (secondary N) is 1. The predicted octanol–water partition coefficient (Wildman–Crippen LogP) is 4.86. The molecule has 0 saturated carbocycles. The molecule has 4 aromatic rings. The summed E-state index contributed by atoms with van der Waals surface area (Å²) in [6.45, 7) is 2.15. The number of halogens is 1. The first-order valence-corrected chi connectivity index (χ1v) is 13.8. The Morgan fingerprint density at radius 3 is 2.45 bits per heavy atom. The highest BCUT2D eigenvalue weighted by Crippen LogP contribution is 2.22. The second kappa shape index (κ2) is 13.2. The van der Waals surface area contributed by atoms with E-state index in [1.54, 1.807) is 24.3 Å². The maximum atomic E-state index is 13.5. The van der Waals surface area contributed by atoms with E-state index in [0.29, 0.717) is 22.7 Å². The number of Topliss-reactive ketones (excluding diaryl/α,β-unsaturated/α-hetero) is 1. The molecule has 0 radical (unpaired) electrons. The minimum atomic E-state index is -0.681. The van der Waals surface area contributed by atoms with Crippen molar-refractivity contribution in [1.82, 2.24) is 25.5 Å². The lowest BCUT2D eigenvalue weighted by molar-refractivity contribution is -0.125. The van der Waals surface area contributed by atoms with Gasteiger partial charge in [0.05, 0.1) is 11.7 Å². The summed E-state index contributed by atoms with van der Waals surface area (Å²) in [5, 5.41) is 14.7. The maximum absolute atomic E-state index is 13.5. The van der Waals surface area contributed by atoms with Gasteiger partial charge in [-0.2, -0.15) is 4.68 Å². The van der Waals surface area contributed by atoms with Crippen LogP contribution in [0.15, 0.2) is 85.2 Å². The van der Waals surface area contributed by atoms with E-state index < -0.39 is 6.04 Å². The van der Waals surface area contributed by atoms with Crippen molar-refractivity contribution in [2.75, 3.05) is 18.0 Å². The molecule has 0 unspecified atom stereocenters. The molecular formula is C31H31ClN6O2. The molecule has 5 rings (SSSR count). The van der Waals surface area contributed by atoms with Gasteiger partial charge in [-0.25, -0.2) is 0 Å². The van der Waals surface area contributed by atoms with Crippen molar-refractivity contribution in [3.8, 4) is 5.69 Å². The summed E-state index contributed by atoms with van der Waals surface area (Å²) in [5.74, 6) is -0.425. The van der Waals surface area contributed by atoms with E-state index in [1.807, 2.05) is 42.5 Å². The molecule has 2 heterocycles. The molecule has 1 aliphatic heterocycles. The maximum Gasteiger partial charge on any atom is 0.244 e. The standard InChI is InChI=1S/C31H31ClN6O2/c32-26-12-15-29(38-22-33-35-36-38)25(21-26)11-16-31(40)34-28(19-23-7-3-1-4-8-23)30(39)20-24-9-13-27(14-10-24)37-17-5-2-6-18-37/h1,3-4,7-16,21-22,28H,2,5-6,17-20H2,(H,34,40)/b16-11+/t28-/m0/s1. The Morgan fingerprint density at radius 1 is 0.950 bits per heavy atom. The summed E-state index contributed by atoms with van der Waals surface area (Å²) in [5.41, 5.74) is 4.43. The van der Waals surface area contributed by atoms with Crippen molar-refractivity contribution >= 4 is 35.1 Å². The number of aromatic nitrogens is 4. The zero-order valence-electron chi connectivity index (χ0n) is 22.1. The molecular weight excluding hydrogens is 524 g/mol. The second-order valence-corrected chi connectivity index (χ2v) is 10.3. The van der Waals surface area contributed by atoms with Gasteiger partial charge in [-0.1, -0.05) is 54.1 Å². The van der Waals surface area contributed by atoms with Crippen LogP contribution in [0.3, 0.4) is 0 Å². The van der Waals surface area contributed by atoms with Gasteiger partial charge in [0.25, 0.3) is 0 Å². The van der Waals surface area contributed by atoms with Crippen LogP contribution in [0, 0.1) is 0 Å². The Labute approximate surface area is 238 Å². The largest absolute Gasteiger partial charge is 0.372 e. The molecule has 1 aromatic heterocycles. The highest BCUT2D eigenvalue weighted by molar-refractivity contribution is 6.30. The quantitative estimate of drug-likeness (QED) is 0.281. The van der Waals surface area contributed by atoms with Gasteiger partial charge in [-0.15, -0.1) is 5.10 Å². The van der Waals surface area contributed by atoms with Gasteiger partial charge in [0, 0.05) is 41.9 Å². The number of anilines is 1. The fraction of sp³-hybridized carbons (Fsp3) is 0.258. The molecule has 1 N–H and O–H groups in total. The molecule has 40 heavy (non-hydrogen) atoms. The lowest BCUT2D eigenvalue weighted by atomic mass is 9.97. The van der Waals surface area contributed by atoms with Crippen LogP contribution in [0.2, 0.25) is 5.02 Å². The first-order chi connectivity index (χ1) is 19.5. The second-order valence-electron chi connectivity index (χ2n) is 9.90. The minimum Gasteiger partial charge on any atom is -0.372 e. The van der Waals surface area contributed by atoms with E-state index >= 15 is 0 Å². The Hall–Kier alpha value is -4.30. The molecule has 1 saturated heterocycles. The third-order valence-electron chi connectivity index (χ3n) is 7.02. The van der Waals surface area contributed by atoms with Crippen LogP contribution in [-0.4, -0.2) is 51.0 Å². The van der Waals surface area contributed by atoms with Crippen LogP contribution >= 0.6 is 11.6 Å². The number of tetrazole rings is 1. The summed E-state index contributed by atoms with van der Waals surface area (Å²) >= 11 is 6.20. The molecule has 204 valence electrons. The van der Waals surface area contributed by atoms with Gasteiger partial charge < -0.3 is 10.2 Å². The smallest absolute Gasteiger partial charge is 0.244 e. The van der Waals surface area contributed by atoms with Gasteiger partial charge in [-0.05, 0) is 83.6 Å². The topological polar surface area (TPSA) is 93.0 Å². The Kier molecular flexibility index (Phi) is 8.98. The molecule has 3 aromatic carbocycles. The van der Waals surface area contributed by atoms with Crippen LogP contribution in [0.5, 0.6) is 0 Å². The van der Waals surface area contributed by atoms with Crippen LogP contribution in [0.25, 0.3) is 11.8 Å². The van der Waals surface area contributed by atoms with Gasteiger partial charge in [0.1, 0.15) is 6.33 Å². The number of amides is 1. The summed E-state index contributed by atoms with van der Waals surface area (Å²) < 4.78 is 1.49. The molecule has 9 heteroatoms. The van der Waals surface area contributed by atoms with Crippen molar-refractivity contribution in [1.29, 1.82) is 0 Å². The van der Waals surface area contributed by atoms with E-state index in [1.165, 1.54) is 42.0 Å².